The van der Waals surface area contributed by atoms with Crippen LogP contribution in [0, 0.1) is 0 Å². The Hall–Kier alpha value is -2.17. The number of carbonyl (C=O) groups is 1. The van der Waals surface area contributed by atoms with Crippen LogP contribution in [0.5, 0.6) is 5.75 Å². The molecule has 0 atom stereocenters. The highest BCUT2D eigenvalue weighted by molar-refractivity contribution is 5.97. The first-order valence-electron chi connectivity index (χ1n) is 8.04. The summed E-state index contributed by atoms with van der Waals surface area (Å²) in [4.78, 5) is 14.5. The van der Waals surface area contributed by atoms with E-state index in [9.17, 15) is 4.79 Å². The van der Waals surface area contributed by atoms with E-state index < -0.39 is 0 Å². The lowest BCUT2D eigenvalue weighted by Crippen LogP contribution is -2.45. The molecule has 2 aromatic rings. The largest absolute Gasteiger partial charge is 0.489 e. The number of nitrogens with one attached hydrogen (secondary N) is 1. The molecule has 0 unspecified atom stereocenters. The van der Waals surface area contributed by atoms with Gasteiger partial charge in [-0.25, -0.2) is 0 Å². The lowest BCUT2D eigenvalue weighted by molar-refractivity contribution is 0.0921. The second kappa shape index (κ2) is 7.90. The van der Waals surface area contributed by atoms with Crippen molar-refractivity contribution in [1.29, 1.82) is 0 Å². The fraction of sp³-hybridized carbons (Fsp3) is 0.316. The third-order valence-corrected chi connectivity index (χ3v) is 4.00. The molecule has 1 aliphatic heterocycles. The average Bonchev–Trinajstić information content (AvgIpc) is 2.62. The number of ketones is 1. The number of hydrogen-bond acceptors (Lipinski definition) is 4. The zero-order valence-corrected chi connectivity index (χ0v) is 13.2. The third kappa shape index (κ3) is 4.65. The zero-order chi connectivity index (χ0) is 15.9. The van der Waals surface area contributed by atoms with Gasteiger partial charge in [0.15, 0.2) is 5.78 Å². The van der Waals surface area contributed by atoms with E-state index >= 15 is 0 Å². The Morgan fingerprint density at radius 1 is 1.00 bits per heavy atom. The number of benzene rings is 2. The van der Waals surface area contributed by atoms with Gasteiger partial charge in [0.25, 0.3) is 0 Å². The molecule has 120 valence electrons. The highest BCUT2D eigenvalue weighted by Gasteiger charge is 2.14. The Balaban J connectivity index is 1.52. The van der Waals surface area contributed by atoms with E-state index in [1.807, 2.05) is 54.6 Å². The van der Waals surface area contributed by atoms with Crippen molar-refractivity contribution in [3.05, 3.63) is 65.7 Å². The summed E-state index contributed by atoms with van der Waals surface area (Å²) in [6, 6.07) is 17.5. The number of Topliss-reactive ketones (excluding diaryl/α,β-unsaturated/α-hetero) is 1. The minimum Gasteiger partial charge on any atom is -0.489 e. The normalized spacial score (nSPS) is 15.3. The van der Waals surface area contributed by atoms with Crippen LogP contribution in [0.4, 0.5) is 0 Å². The van der Waals surface area contributed by atoms with Gasteiger partial charge in [0.05, 0.1) is 6.54 Å². The average molecular weight is 310 g/mol. The standard InChI is InChI=1S/C19H22N2O2/c22-19(14-21-12-10-20-11-13-21)17-6-8-18(9-7-17)23-15-16-4-2-1-3-5-16/h1-9,20H,10-15H2. The quantitative estimate of drug-likeness (QED) is 0.832. The van der Waals surface area contributed by atoms with Crippen LogP contribution in [-0.4, -0.2) is 43.4 Å². The van der Waals surface area contributed by atoms with E-state index in [4.69, 9.17) is 4.74 Å². The highest BCUT2D eigenvalue weighted by atomic mass is 16.5. The SMILES string of the molecule is O=C(CN1CCNCC1)c1ccc(OCc2ccccc2)cc1. The Bertz CT molecular complexity index is 620. The smallest absolute Gasteiger partial charge is 0.176 e. The number of hydrogen-bond donors (Lipinski definition) is 1. The molecular weight excluding hydrogens is 288 g/mol. The summed E-state index contributed by atoms with van der Waals surface area (Å²) in [6.07, 6.45) is 0. The van der Waals surface area contributed by atoms with E-state index in [1.54, 1.807) is 0 Å². The maximum Gasteiger partial charge on any atom is 0.176 e. The molecule has 0 bridgehead atoms. The maximum atomic E-state index is 12.3. The van der Waals surface area contributed by atoms with Crippen LogP contribution in [-0.2, 0) is 6.61 Å². The molecule has 1 aliphatic rings. The number of rotatable bonds is 6. The summed E-state index contributed by atoms with van der Waals surface area (Å²) in [5, 5.41) is 3.29. The van der Waals surface area contributed by atoms with Crippen molar-refractivity contribution in [2.45, 2.75) is 6.61 Å². The van der Waals surface area contributed by atoms with Crippen molar-refractivity contribution in [2.75, 3.05) is 32.7 Å². The summed E-state index contributed by atoms with van der Waals surface area (Å²) < 4.78 is 5.75. The number of piperazine rings is 1. The second-order valence-electron chi connectivity index (χ2n) is 5.75. The van der Waals surface area contributed by atoms with Gasteiger partial charge < -0.3 is 10.1 Å². The van der Waals surface area contributed by atoms with Crippen molar-refractivity contribution in [3.8, 4) is 5.75 Å². The first-order valence-corrected chi connectivity index (χ1v) is 8.04. The van der Waals surface area contributed by atoms with Gasteiger partial charge in [0, 0.05) is 31.7 Å². The lowest BCUT2D eigenvalue weighted by Gasteiger charge is -2.26. The van der Waals surface area contributed by atoms with Crippen LogP contribution in [0.1, 0.15) is 15.9 Å². The van der Waals surface area contributed by atoms with Gasteiger partial charge >= 0.3 is 0 Å². The number of carbonyl (C=O) groups excluding carboxylic acids is 1. The summed E-state index contributed by atoms with van der Waals surface area (Å²) in [5.74, 6) is 0.953. The molecule has 0 aliphatic carbocycles. The number of nitrogens with zero attached hydrogens (tertiary/aromatic N) is 1. The van der Waals surface area contributed by atoms with Gasteiger partial charge in [0.2, 0.25) is 0 Å². The Morgan fingerprint density at radius 2 is 1.70 bits per heavy atom. The van der Waals surface area contributed by atoms with Crippen LogP contribution in [0.15, 0.2) is 54.6 Å². The predicted molar refractivity (Wildman–Crippen MR) is 90.9 cm³/mol. The van der Waals surface area contributed by atoms with Gasteiger partial charge in [-0.3, -0.25) is 9.69 Å². The molecule has 0 saturated carbocycles. The zero-order valence-electron chi connectivity index (χ0n) is 13.2. The minimum absolute atomic E-state index is 0.168. The molecule has 0 aromatic heterocycles. The monoisotopic (exact) mass is 310 g/mol. The minimum atomic E-state index is 0.168. The second-order valence-corrected chi connectivity index (χ2v) is 5.75. The van der Waals surface area contributed by atoms with E-state index in [0.717, 1.165) is 43.1 Å². The van der Waals surface area contributed by atoms with Gasteiger partial charge in [-0.05, 0) is 29.8 Å². The Kier molecular flexibility index (Phi) is 5.40. The Morgan fingerprint density at radius 3 is 2.39 bits per heavy atom. The topological polar surface area (TPSA) is 41.6 Å². The van der Waals surface area contributed by atoms with E-state index in [2.05, 4.69) is 10.2 Å². The molecule has 1 heterocycles. The molecule has 0 radical (unpaired) electrons. The first kappa shape index (κ1) is 15.7. The molecule has 1 saturated heterocycles. The van der Waals surface area contributed by atoms with E-state index in [1.165, 1.54) is 0 Å². The highest BCUT2D eigenvalue weighted by Crippen LogP contribution is 2.15. The molecular formula is C19H22N2O2. The van der Waals surface area contributed by atoms with Crippen molar-refractivity contribution in [3.63, 3.8) is 0 Å². The van der Waals surface area contributed by atoms with Crippen molar-refractivity contribution >= 4 is 5.78 Å². The van der Waals surface area contributed by atoms with Crippen molar-refractivity contribution in [1.82, 2.24) is 10.2 Å². The Labute approximate surface area is 137 Å². The molecule has 3 rings (SSSR count). The van der Waals surface area contributed by atoms with Crippen LogP contribution < -0.4 is 10.1 Å². The first-order chi connectivity index (χ1) is 11.3. The molecule has 1 fully saturated rings. The molecule has 0 amide bonds. The van der Waals surface area contributed by atoms with Crippen LogP contribution >= 0.6 is 0 Å². The fourth-order valence-electron chi connectivity index (χ4n) is 2.64. The van der Waals surface area contributed by atoms with Crippen LogP contribution in [0.3, 0.4) is 0 Å². The lowest BCUT2D eigenvalue weighted by atomic mass is 10.1. The van der Waals surface area contributed by atoms with Gasteiger partial charge in [-0.2, -0.15) is 0 Å². The molecule has 23 heavy (non-hydrogen) atoms. The summed E-state index contributed by atoms with van der Waals surface area (Å²) in [5.41, 5.74) is 1.88. The summed E-state index contributed by atoms with van der Waals surface area (Å²) in [6.45, 7) is 4.81. The molecule has 4 nitrogen and oxygen atoms in total. The van der Waals surface area contributed by atoms with Gasteiger partial charge in [-0.1, -0.05) is 30.3 Å². The van der Waals surface area contributed by atoms with Gasteiger partial charge in [0.1, 0.15) is 12.4 Å². The molecule has 1 N–H and O–H groups in total. The van der Waals surface area contributed by atoms with E-state index in [-0.39, 0.29) is 5.78 Å². The van der Waals surface area contributed by atoms with E-state index in [0.29, 0.717) is 13.2 Å². The molecule has 2 aromatic carbocycles. The van der Waals surface area contributed by atoms with Crippen LogP contribution in [0.25, 0.3) is 0 Å². The maximum absolute atomic E-state index is 12.3. The summed E-state index contributed by atoms with van der Waals surface area (Å²) in [7, 11) is 0. The summed E-state index contributed by atoms with van der Waals surface area (Å²) >= 11 is 0. The fourth-order valence-corrected chi connectivity index (χ4v) is 2.64. The van der Waals surface area contributed by atoms with Gasteiger partial charge in [-0.15, -0.1) is 0 Å². The third-order valence-electron chi connectivity index (χ3n) is 4.00. The molecule has 4 heteroatoms. The predicted octanol–water partition coefficient (Wildman–Crippen LogP) is 2.35. The number of ether oxygens (including phenoxy) is 1. The van der Waals surface area contributed by atoms with Crippen molar-refractivity contribution < 1.29 is 9.53 Å². The molecule has 0 spiro atoms. The van der Waals surface area contributed by atoms with Crippen LogP contribution in [0.2, 0.25) is 0 Å². The van der Waals surface area contributed by atoms with Crippen molar-refractivity contribution in [2.24, 2.45) is 0 Å².